The Morgan fingerprint density at radius 3 is 2.27 bits per heavy atom. The van der Waals surface area contributed by atoms with Crippen molar-refractivity contribution in [3.8, 4) is 0 Å². The Hall–Kier alpha value is -2.64. The number of carbonyl (C=O) groups excluding carboxylic acids is 1. The molecule has 0 bridgehead atoms. The lowest BCUT2D eigenvalue weighted by Crippen LogP contribution is -2.35. The van der Waals surface area contributed by atoms with Crippen LogP contribution < -0.4 is 9.62 Å². The van der Waals surface area contributed by atoms with Gasteiger partial charge in [-0.25, -0.2) is 8.42 Å². The molecule has 33 heavy (non-hydrogen) atoms. The van der Waals surface area contributed by atoms with Crippen molar-refractivity contribution in [2.45, 2.75) is 51.0 Å². The molecule has 0 aromatic heterocycles. The number of nitrogens with one attached hydrogen (secondary N) is 1. The zero-order valence-electron chi connectivity index (χ0n) is 18.9. The predicted molar refractivity (Wildman–Crippen MR) is 137 cm³/mol. The zero-order valence-corrected chi connectivity index (χ0v) is 21.3. The third-order valence-corrected chi connectivity index (χ3v) is 8.46. The first-order chi connectivity index (χ1) is 15.8. The molecule has 0 spiro atoms. The van der Waals surface area contributed by atoms with Crippen LogP contribution in [0.4, 0.5) is 11.4 Å². The number of anilines is 2. The number of benzene rings is 3. The largest absolute Gasteiger partial charge is 0.321 e. The van der Waals surface area contributed by atoms with E-state index in [1.54, 1.807) is 42.5 Å². The van der Waals surface area contributed by atoms with Gasteiger partial charge in [-0.15, -0.1) is 0 Å². The van der Waals surface area contributed by atoms with Crippen molar-refractivity contribution in [1.82, 2.24) is 0 Å². The van der Waals surface area contributed by atoms with E-state index in [1.807, 2.05) is 25.1 Å². The summed E-state index contributed by atoms with van der Waals surface area (Å²) in [6.45, 7) is 6.02. The average Bonchev–Trinajstić information content (AvgIpc) is 3.15. The van der Waals surface area contributed by atoms with Crippen molar-refractivity contribution in [3.63, 3.8) is 0 Å². The first-order valence-corrected chi connectivity index (χ1v) is 13.3. The summed E-state index contributed by atoms with van der Waals surface area (Å²) in [4.78, 5) is 13.4. The number of sulfonamides is 1. The summed E-state index contributed by atoms with van der Waals surface area (Å²) in [6.07, 6.45) is 2.16. The summed E-state index contributed by atoms with van der Waals surface area (Å²) in [5, 5.41) is 3.10. The average molecular weight is 527 g/mol. The smallest absolute Gasteiger partial charge is 0.264 e. The van der Waals surface area contributed by atoms with Crippen molar-refractivity contribution < 1.29 is 13.2 Å². The van der Waals surface area contributed by atoms with Gasteiger partial charge >= 0.3 is 0 Å². The highest BCUT2D eigenvalue weighted by Crippen LogP contribution is 2.37. The predicted octanol–water partition coefficient (Wildman–Crippen LogP) is 5.97. The van der Waals surface area contributed by atoms with Crippen LogP contribution in [0.3, 0.4) is 0 Å². The molecule has 5 nitrogen and oxygen atoms in total. The molecule has 1 aliphatic rings. The molecule has 7 heteroatoms. The summed E-state index contributed by atoms with van der Waals surface area (Å²) in [5.41, 5.74) is 5.02. The van der Waals surface area contributed by atoms with Crippen LogP contribution in [0.25, 0.3) is 0 Å². The minimum Gasteiger partial charge on any atom is -0.321 e. The summed E-state index contributed by atoms with van der Waals surface area (Å²) in [6, 6.07) is 17.6. The van der Waals surface area contributed by atoms with E-state index in [4.69, 9.17) is 0 Å². The van der Waals surface area contributed by atoms with Gasteiger partial charge in [0.05, 0.1) is 10.6 Å². The van der Waals surface area contributed by atoms with Gasteiger partial charge in [-0.1, -0.05) is 48.0 Å². The second-order valence-corrected chi connectivity index (χ2v) is 11.0. The monoisotopic (exact) mass is 526 g/mol. The minimum absolute atomic E-state index is 0.193. The molecule has 1 N–H and O–H groups in total. The van der Waals surface area contributed by atoms with E-state index in [0.717, 1.165) is 39.7 Å². The molecule has 1 heterocycles. The van der Waals surface area contributed by atoms with E-state index in [1.165, 1.54) is 4.31 Å². The van der Waals surface area contributed by atoms with Crippen LogP contribution in [0.2, 0.25) is 0 Å². The molecule has 0 radical (unpaired) electrons. The van der Waals surface area contributed by atoms with Crippen molar-refractivity contribution in [2.24, 2.45) is 0 Å². The SMILES string of the molecule is CCc1cc(Br)cc(CC)c1NC(=O)c1ccc2c(c1)C[C@H](C)N2S(=O)(=O)c1ccccc1. The Bertz CT molecular complexity index is 1280. The fourth-order valence-corrected chi connectivity index (χ4v) is 6.71. The Labute approximate surface area is 204 Å². The number of fused-ring (bicyclic) bond motifs is 1. The second kappa shape index (κ2) is 9.31. The Morgan fingerprint density at radius 2 is 1.67 bits per heavy atom. The number of amides is 1. The lowest BCUT2D eigenvalue weighted by Gasteiger charge is -2.24. The second-order valence-electron chi connectivity index (χ2n) is 8.27. The molecule has 1 amide bonds. The van der Waals surface area contributed by atoms with Gasteiger partial charge in [-0.2, -0.15) is 0 Å². The highest BCUT2D eigenvalue weighted by molar-refractivity contribution is 9.10. The lowest BCUT2D eigenvalue weighted by molar-refractivity contribution is 0.102. The van der Waals surface area contributed by atoms with Gasteiger partial charge in [0.2, 0.25) is 0 Å². The van der Waals surface area contributed by atoms with Crippen LogP contribution in [-0.4, -0.2) is 20.4 Å². The molecule has 1 atom stereocenters. The number of hydrogen-bond acceptors (Lipinski definition) is 3. The molecule has 172 valence electrons. The van der Waals surface area contributed by atoms with Gasteiger partial charge < -0.3 is 5.32 Å². The fourth-order valence-electron chi connectivity index (χ4n) is 4.45. The molecule has 0 unspecified atom stereocenters. The molecule has 0 aliphatic carbocycles. The molecule has 0 saturated carbocycles. The first-order valence-electron chi connectivity index (χ1n) is 11.1. The maximum Gasteiger partial charge on any atom is 0.264 e. The summed E-state index contributed by atoms with van der Waals surface area (Å²) in [7, 11) is -3.68. The third kappa shape index (κ3) is 4.44. The zero-order chi connectivity index (χ0) is 23.8. The van der Waals surface area contributed by atoms with Gasteiger partial charge in [0.25, 0.3) is 15.9 Å². The molecule has 0 saturated heterocycles. The van der Waals surface area contributed by atoms with E-state index < -0.39 is 10.0 Å². The Balaban J connectivity index is 1.65. The summed E-state index contributed by atoms with van der Waals surface area (Å²) >= 11 is 3.55. The lowest BCUT2D eigenvalue weighted by atomic mass is 10.0. The Kier molecular flexibility index (Phi) is 6.64. The third-order valence-electron chi connectivity index (χ3n) is 6.06. The highest BCUT2D eigenvalue weighted by Gasteiger charge is 2.36. The van der Waals surface area contributed by atoms with E-state index in [9.17, 15) is 13.2 Å². The van der Waals surface area contributed by atoms with Crippen LogP contribution >= 0.6 is 15.9 Å². The van der Waals surface area contributed by atoms with Crippen molar-refractivity contribution in [1.29, 1.82) is 0 Å². The molecular weight excluding hydrogens is 500 g/mol. The number of hydrogen-bond donors (Lipinski definition) is 1. The van der Waals surface area contributed by atoms with Crippen LogP contribution in [0.5, 0.6) is 0 Å². The fraction of sp³-hybridized carbons (Fsp3) is 0.269. The number of rotatable bonds is 6. The molecule has 1 aliphatic heterocycles. The maximum atomic E-state index is 13.3. The van der Waals surface area contributed by atoms with Gasteiger partial charge in [0.15, 0.2) is 0 Å². The topological polar surface area (TPSA) is 66.5 Å². The number of aryl methyl sites for hydroxylation is 2. The van der Waals surface area contributed by atoms with Crippen molar-refractivity contribution in [3.05, 3.63) is 87.4 Å². The Morgan fingerprint density at radius 1 is 1.03 bits per heavy atom. The van der Waals surface area contributed by atoms with Crippen LogP contribution in [0.1, 0.15) is 47.8 Å². The molecule has 3 aromatic carbocycles. The first kappa shape index (κ1) is 23.5. The van der Waals surface area contributed by atoms with Crippen LogP contribution in [-0.2, 0) is 29.3 Å². The summed E-state index contributed by atoms with van der Waals surface area (Å²) in [5.74, 6) is -0.193. The quantitative estimate of drug-likeness (QED) is 0.430. The van der Waals surface area contributed by atoms with Crippen LogP contribution in [0.15, 0.2) is 70.0 Å². The normalized spacial score (nSPS) is 15.4. The molecule has 3 aromatic rings. The van der Waals surface area contributed by atoms with Gasteiger partial charge in [-0.05, 0) is 85.3 Å². The van der Waals surface area contributed by atoms with Gasteiger partial charge in [0.1, 0.15) is 0 Å². The van der Waals surface area contributed by atoms with Crippen molar-refractivity contribution in [2.75, 3.05) is 9.62 Å². The van der Waals surface area contributed by atoms with Crippen molar-refractivity contribution >= 4 is 43.2 Å². The van der Waals surface area contributed by atoms with Crippen LogP contribution in [0, 0.1) is 0 Å². The number of carbonyl (C=O) groups is 1. The summed E-state index contributed by atoms with van der Waals surface area (Å²) < 4.78 is 29.0. The van der Waals surface area contributed by atoms with Gasteiger partial charge in [0, 0.05) is 21.8 Å². The molecule has 4 rings (SSSR count). The van der Waals surface area contributed by atoms with E-state index >= 15 is 0 Å². The van der Waals surface area contributed by atoms with E-state index in [-0.39, 0.29) is 16.8 Å². The molecular formula is C26H27BrN2O3S. The standard InChI is InChI=1S/C26H27BrN2O3S/c1-4-18-15-22(27)16-19(5-2)25(18)28-26(30)20-11-12-24-21(14-20)13-17(3)29(24)33(31,32)23-9-7-6-8-10-23/h6-12,14-17H,4-5,13H2,1-3H3,(H,28,30)/t17-/m0/s1. The van der Waals surface area contributed by atoms with Gasteiger partial charge in [-0.3, -0.25) is 9.10 Å². The minimum atomic E-state index is -3.68. The van der Waals surface area contributed by atoms with E-state index in [0.29, 0.717) is 17.7 Å². The maximum absolute atomic E-state index is 13.3. The van der Waals surface area contributed by atoms with E-state index in [2.05, 4.69) is 35.1 Å². The highest BCUT2D eigenvalue weighted by atomic mass is 79.9. The number of halogens is 1. The number of nitrogens with zero attached hydrogens (tertiary/aromatic N) is 1. The molecule has 0 fully saturated rings.